The number of hydrogen-bond acceptors (Lipinski definition) is 4. The summed E-state index contributed by atoms with van der Waals surface area (Å²) >= 11 is 0. The monoisotopic (exact) mass is 412 g/mol. The Labute approximate surface area is 171 Å². The number of carbonyl (C=O) groups is 2. The second-order valence-electron chi connectivity index (χ2n) is 6.88. The van der Waals surface area contributed by atoms with Crippen LogP contribution in [0.5, 0.6) is 0 Å². The molecule has 1 aliphatic rings. The third kappa shape index (κ3) is 4.10. The van der Waals surface area contributed by atoms with Crippen molar-refractivity contribution in [3.05, 3.63) is 71.4 Å². The number of rotatable bonds is 7. The van der Waals surface area contributed by atoms with Crippen LogP contribution in [0, 0.1) is 0 Å². The summed E-state index contributed by atoms with van der Waals surface area (Å²) in [5.74, 6) is -0.815. The van der Waals surface area contributed by atoms with Gasteiger partial charge in [-0.05, 0) is 12.5 Å². The number of benzene rings is 2. The van der Waals surface area contributed by atoms with Gasteiger partial charge in [0.25, 0.3) is 10.0 Å². The first-order valence-corrected chi connectivity index (χ1v) is 11.1. The zero-order chi connectivity index (χ0) is 21.0. The molecule has 0 unspecified atom stereocenters. The van der Waals surface area contributed by atoms with Crippen molar-refractivity contribution in [3.63, 3.8) is 0 Å². The van der Waals surface area contributed by atoms with Gasteiger partial charge < -0.3 is 5.32 Å². The van der Waals surface area contributed by atoms with E-state index in [-0.39, 0.29) is 28.7 Å². The van der Waals surface area contributed by atoms with Gasteiger partial charge in [0.15, 0.2) is 0 Å². The fraction of sp³-hybridized carbons (Fsp3) is 0.273. The van der Waals surface area contributed by atoms with E-state index in [9.17, 15) is 18.0 Å². The van der Waals surface area contributed by atoms with Crippen LogP contribution in [-0.2, 0) is 14.8 Å². The number of nitrogens with one attached hydrogen (secondary N) is 1. The molecule has 2 aromatic rings. The van der Waals surface area contributed by atoms with Gasteiger partial charge in [0, 0.05) is 24.6 Å². The molecule has 7 heteroatoms. The summed E-state index contributed by atoms with van der Waals surface area (Å²) in [4.78, 5) is 25.4. The van der Waals surface area contributed by atoms with Crippen LogP contribution in [0.3, 0.4) is 0 Å². The van der Waals surface area contributed by atoms with Crippen LogP contribution in [0.25, 0.3) is 5.70 Å². The van der Waals surface area contributed by atoms with Crippen LogP contribution >= 0.6 is 0 Å². The molecule has 0 bridgehead atoms. The van der Waals surface area contributed by atoms with Crippen molar-refractivity contribution in [2.24, 2.45) is 0 Å². The predicted octanol–water partition coefficient (Wildman–Crippen LogP) is 3.57. The van der Waals surface area contributed by atoms with E-state index in [2.05, 4.69) is 5.32 Å². The van der Waals surface area contributed by atoms with E-state index < -0.39 is 15.8 Å². The predicted molar refractivity (Wildman–Crippen MR) is 111 cm³/mol. The Morgan fingerprint density at radius 3 is 2.28 bits per heavy atom. The molecule has 0 radical (unpaired) electrons. The molecule has 1 N–H and O–H groups in total. The minimum absolute atomic E-state index is 0.0128. The van der Waals surface area contributed by atoms with E-state index in [1.165, 1.54) is 13.0 Å². The normalized spacial score (nSPS) is 15.0. The summed E-state index contributed by atoms with van der Waals surface area (Å²) in [7, 11) is -3.93. The molecule has 3 rings (SSSR count). The summed E-state index contributed by atoms with van der Waals surface area (Å²) in [6, 6.07) is 14.9. The van der Waals surface area contributed by atoms with Crippen molar-refractivity contribution in [1.82, 2.24) is 9.62 Å². The van der Waals surface area contributed by atoms with Gasteiger partial charge in [0.1, 0.15) is 5.70 Å². The smallest absolute Gasteiger partial charge is 0.265 e. The molecule has 1 amide bonds. The minimum Gasteiger partial charge on any atom is -0.324 e. The molecule has 2 aromatic carbocycles. The molecule has 1 heterocycles. The fourth-order valence-corrected chi connectivity index (χ4v) is 5.10. The number of allylic oxidation sites excluding steroid dienone is 1. The van der Waals surface area contributed by atoms with Crippen LogP contribution in [-0.4, -0.2) is 31.0 Å². The quantitative estimate of drug-likeness (QED) is 0.557. The zero-order valence-electron chi connectivity index (χ0n) is 16.5. The van der Waals surface area contributed by atoms with Gasteiger partial charge in [-0.25, -0.2) is 8.42 Å². The Bertz CT molecular complexity index is 1060. The van der Waals surface area contributed by atoms with Gasteiger partial charge in [-0.3, -0.25) is 13.9 Å². The maximum atomic E-state index is 13.4. The first-order valence-electron chi connectivity index (χ1n) is 9.61. The van der Waals surface area contributed by atoms with Crippen molar-refractivity contribution in [2.75, 3.05) is 6.54 Å². The van der Waals surface area contributed by atoms with E-state index in [1.807, 2.05) is 6.92 Å². The van der Waals surface area contributed by atoms with Crippen molar-refractivity contribution >= 4 is 27.4 Å². The van der Waals surface area contributed by atoms with E-state index in [4.69, 9.17) is 0 Å². The number of amides is 1. The van der Waals surface area contributed by atoms with E-state index >= 15 is 0 Å². The molecule has 1 aliphatic heterocycles. The Kier molecular flexibility index (Phi) is 6.17. The molecule has 152 valence electrons. The van der Waals surface area contributed by atoms with Crippen LogP contribution in [0.1, 0.15) is 49.0 Å². The number of carbonyl (C=O) groups excluding carboxylic acids is 2. The van der Waals surface area contributed by atoms with Crippen molar-refractivity contribution in [3.8, 4) is 0 Å². The number of fused-ring (bicyclic) bond motifs is 1. The molecule has 0 fully saturated rings. The molecule has 0 saturated heterocycles. The van der Waals surface area contributed by atoms with Crippen molar-refractivity contribution < 1.29 is 18.0 Å². The standard InChI is InChI=1S/C22H24N2O4S/c1-3-4-10-15-24-21(22(26)17-11-6-5-7-12-17)20(23-16(2)25)18-13-8-9-14-19(18)29(24,27)28/h5-9,11-14H,3-4,10,15H2,1-2H3,(H,23,25). The van der Waals surface area contributed by atoms with Crippen molar-refractivity contribution in [1.29, 1.82) is 0 Å². The second-order valence-corrected chi connectivity index (χ2v) is 8.71. The highest BCUT2D eigenvalue weighted by Crippen LogP contribution is 2.37. The highest BCUT2D eigenvalue weighted by Gasteiger charge is 2.39. The number of Topliss-reactive ketones (excluding diaryl/α,β-unsaturated/α-hetero) is 1. The number of hydrogen-bond donors (Lipinski definition) is 1. The van der Waals surface area contributed by atoms with Gasteiger partial charge >= 0.3 is 0 Å². The Balaban J connectivity index is 2.27. The highest BCUT2D eigenvalue weighted by molar-refractivity contribution is 7.89. The molecular weight excluding hydrogens is 388 g/mol. The average Bonchev–Trinajstić information content (AvgIpc) is 2.71. The van der Waals surface area contributed by atoms with Crippen LogP contribution in [0.15, 0.2) is 65.2 Å². The molecule has 0 spiro atoms. The lowest BCUT2D eigenvalue weighted by Crippen LogP contribution is -2.41. The summed E-state index contributed by atoms with van der Waals surface area (Å²) in [5.41, 5.74) is 0.906. The van der Waals surface area contributed by atoms with Gasteiger partial charge in [-0.15, -0.1) is 0 Å². The lowest BCUT2D eigenvalue weighted by atomic mass is 10.0. The maximum Gasteiger partial charge on any atom is 0.265 e. The van der Waals surface area contributed by atoms with E-state index in [0.717, 1.165) is 17.1 Å². The van der Waals surface area contributed by atoms with E-state index in [1.54, 1.807) is 48.5 Å². The van der Waals surface area contributed by atoms with Crippen molar-refractivity contribution in [2.45, 2.75) is 38.0 Å². The molecule has 6 nitrogen and oxygen atoms in total. The van der Waals surface area contributed by atoms with Gasteiger partial charge in [0.2, 0.25) is 11.7 Å². The highest BCUT2D eigenvalue weighted by atomic mass is 32.2. The minimum atomic E-state index is -3.93. The summed E-state index contributed by atoms with van der Waals surface area (Å²) in [6.45, 7) is 3.53. The lowest BCUT2D eigenvalue weighted by Gasteiger charge is -2.33. The Morgan fingerprint density at radius 1 is 0.966 bits per heavy atom. The lowest BCUT2D eigenvalue weighted by molar-refractivity contribution is -0.117. The van der Waals surface area contributed by atoms with Gasteiger partial charge in [-0.1, -0.05) is 68.3 Å². The largest absolute Gasteiger partial charge is 0.324 e. The van der Waals surface area contributed by atoms with E-state index in [0.29, 0.717) is 17.5 Å². The second kappa shape index (κ2) is 8.61. The SMILES string of the molecule is CCCCCN1C(C(=O)c2ccccc2)=C(NC(C)=O)c2ccccc2S1(=O)=O. The molecule has 0 aliphatic carbocycles. The van der Waals surface area contributed by atoms with Crippen LogP contribution in [0.4, 0.5) is 0 Å². The average molecular weight is 413 g/mol. The molecule has 0 aromatic heterocycles. The zero-order valence-corrected chi connectivity index (χ0v) is 17.3. The first-order chi connectivity index (χ1) is 13.9. The topological polar surface area (TPSA) is 83.6 Å². The summed E-state index contributed by atoms with van der Waals surface area (Å²) in [6.07, 6.45) is 2.35. The number of sulfonamides is 1. The fourth-order valence-electron chi connectivity index (χ4n) is 3.38. The Morgan fingerprint density at radius 2 is 1.62 bits per heavy atom. The Hall–Kier alpha value is -2.93. The van der Waals surface area contributed by atoms with Crippen LogP contribution in [0.2, 0.25) is 0 Å². The van der Waals surface area contributed by atoms with Gasteiger partial charge in [0.05, 0.1) is 10.6 Å². The maximum absolute atomic E-state index is 13.4. The summed E-state index contributed by atoms with van der Waals surface area (Å²) < 4.78 is 28.0. The molecule has 29 heavy (non-hydrogen) atoms. The number of nitrogens with zero attached hydrogens (tertiary/aromatic N) is 1. The number of ketones is 1. The first kappa shape index (κ1) is 20.8. The molecule has 0 atom stereocenters. The summed E-state index contributed by atoms with van der Waals surface area (Å²) in [5, 5.41) is 2.71. The third-order valence-corrected chi connectivity index (χ3v) is 6.58. The van der Waals surface area contributed by atoms with Gasteiger partial charge in [-0.2, -0.15) is 0 Å². The molecular formula is C22H24N2O4S. The number of unbranched alkanes of at least 4 members (excludes halogenated alkanes) is 2. The third-order valence-electron chi connectivity index (χ3n) is 4.73. The van der Waals surface area contributed by atoms with Crippen LogP contribution < -0.4 is 5.32 Å². The molecule has 0 saturated carbocycles.